The van der Waals surface area contributed by atoms with E-state index in [-0.39, 0.29) is 5.92 Å². The van der Waals surface area contributed by atoms with Crippen LogP contribution in [0.4, 0.5) is 8.78 Å². The fourth-order valence-corrected chi connectivity index (χ4v) is 4.92. The van der Waals surface area contributed by atoms with Crippen molar-refractivity contribution in [2.24, 2.45) is 0 Å². The summed E-state index contributed by atoms with van der Waals surface area (Å²) in [6.07, 6.45) is 5.63. The van der Waals surface area contributed by atoms with Gasteiger partial charge in [0.25, 0.3) is 0 Å². The van der Waals surface area contributed by atoms with Crippen LogP contribution < -0.4 is 0 Å². The van der Waals surface area contributed by atoms with Crippen molar-refractivity contribution >= 4 is 21.7 Å². The molecule has 0 unspecified atom stereocenters. The summed E-state index contributed by atoms with van der Waals surface area (Å²) >= 11 is 1.54. The Balaban J connectivity index is 0.000000281. The van der Waals surface area contributed by atoms with Gasteiger partial charge in [0.1, 0.15) is 22.2 Å². The maximum Gasteiger partial charge on any atom is 0.174 e. The molecule has 1 aromatic carbocycles. The lowest BCUT2D eigenvalue weighted by Crippen LogP contribution is -2.16. The van der Waals surface area contributed by atoms with E-state index >= 15 is 0 Å². The topological polar surface area (TPSA) is 73.7 Å². The van der Waals surface area contributed by atoms with E-state index in [0.717, 1.165) is 47.2 Å². The first-order valence-corrected chi connectivity index (χ1v) is 11.9. The molecule has 0 bridgehead atoms. The van der Waals surface area contributed by atoms with Gasteiger partial charge in [-0.05, 0) is 56.9 Å². The molecule has 1 saturated heterocycles. The number of nitrogens with zero attached hydrogens (tertiary/aromatic N) is 5. The van der Waals surface area contributed by atoms with Crippen LogP contribution in [0.3, 0.4) is 0 Å². The normalized spacial score (nSPS) is 16.5. The molecule has 6 nitrogen and oxygen atoms in total. The van der Waals surface area contributed by atoms with Crippen LogP contribution in [0.1, 0.15) is 54.0 Å². The third-order valence-electron chi connectivity index (χ3n) is 5.69. The zero-order chi connectivity index (χ0) is 22.8. The first kappa shape index (κ1) is 21.9. The van der Waals surface area contributed by atoms with Gasteiger partial charge in [-0.15, -0.1) is 11.3 Å². The van der Waals surface area contributed by atoms with Gasteiger partial charge in [-0.25, -0.2) is 23.7 Å². The summed E-state index contributed by atoms with van der Waals surface area (Å²) in [4.78, 5) is 14.1. The van der Waals surface area contributed by atoms with Gasteiger partial charge in [-0.3, -0.25) is 0 Å². The summed E-state index contributed by atoms with van der Waals surface area (Å²) in [5.41, 5.74) is 2.42. The Morgan fingerprint density at radius 3 is 2.42 bits per heavy atom. The lowest BCUT2D eigenvalue weighted by Gasteiger charge is -2.21. The lowest BCUT2D eigenvalue weighted by molar-refractivity contribution is 0.0836. The van der Waals surface area contributed by atoms with Crippen molar-refractivity contribution in [3.05, 3.63) is 64.7 Å². The predicted octanol–water partition coefficient (Wildman–Crippen LogP) is 5.59. The first-order valence-electron chi connectivity index (χ1n) is 11.0. The van der Waals surface area contributed by atoms with Crippen LogP contribution in [0, 0.1) is 18.6 Å². The quantitative estimate of drug-likeness (QED) is 0.391. The number of halogens is 2. The number of aromatic nitrogens is 5. The number of hydrogen-bond acceptors (Lipinski definition) is 7. The molecule has 0 amide bonds. The van der Waals surface area contributed by atoms with Gasteiger partial charge in [0.2, 0.25) is 0 Å². The Morgan fingerprint density at radius 2 is 1.79 bits per heavy atom. The minimum Gasteiger partial charge on any atom is -0.381 e. The van der Waals surface area contributed by atoms with Crippen molar-refractivity contribution in [2.75, 3.05) is 13.2 Å². The molecule has 1 aliphatic carbocycles. The Morgan fingerprint density at radius 1 is 0.970 bits per heavy atom. The summed E-state index contributed by atoms with van der Waals surface area (Å²) < 4.78 is 34.1. The largest absolute Gasteiger partial charge is 0.381 e. The highest BCUT2D eigenvalue weighted by atomic mass is 32.1. The zero-order valence-corrected chi connectivity index (χ0v) is 19.0. The van der Waals surface area contributed by atoms with E-state index in [9.17, 15) is 8.78 Å². The molecule has 0 spiro atoms. The Hall–Kier alpha value is -2.91. The molecule has 170 valence electrons. The molecule has 9 heteroatoms. The second-order valence-electron chi connectivity index (χ2n) is 8.29. The summed E-state index contributed by atoms with van der Waals surface area (Å²) in [6.45, 7) is 3.26. The smallest absolute Gasteiger partial charge is 0.174 e. The van der Waals surface area contributed by atoms with E-state index in [1.165, 1.54) is 23.5 Å². The van der Waals surface area contributed by atoms with Crippen molar-refractivity contribution < 1.29 is 13.5 Å². The third-order valence-corrected chi connectivity index (χ3v) is 6.91. The highest BCUT2D eigenvalue weighted by molar-refractivity contribution is 7.19. The highest BCUT2D eigenvalue weighted by Gasteiger charge is 2.29. The van der Waals surface area contributed by atoms with Crippen LogP contribution in [-0.4, -0.2) is 38.4 Å². The van der Waals surface area contributed by atoms with E-state index in [1.807, 2.05) is 19.1 Å². The van der Waals surface area contributed by atoms with Gasteiger partial charge in [0.15, 0.2) is 5.65 Å². The molecule has 4 heterocycles. The molecule has 0 N–H and O–H groups in total. The number of aryl methyl sites for hydroxylation is 1. The average molecular weight is 468 g/mol. The Labute approximate surface area is 194 Å². The van der Waals surface area contributed by atoms with Crippen molar-refractivity contribution in [3.63, 3.8) is 0 Å². The van der Waals surface area contributed by atoms with Gasteiger partial charge in [-0.1, -0.05) is 0 Å². The standard InChI is InChI=1S/C19H17F2N3OS.C5H6N2/c20-12-3-4-13(14(21)9-12)15-16-18(24-19(26-16)11-1-2-11)23-17(22-15)10-5-7-25-8-6-10;1-5-3-2-4-6-7-5/h3-4,9-11H,1-2,5-8H2;2-4H,1H3. The molecule has 6 rings (SSSR count). The maximum absolute atomic E-state index is 14.5. The Kier molecular flexibility index (Phi) is 6.32. The maximum atomic E-state index is 14.5. The molecule has 1 aliphatic heterocycles. The van der Waals surface area contributed by atoms with E-state index in [4.69, 9.17) is 19.7 Å². The number of fused-ring (bicyclic) bond motifs is 1. The second-order valence-corrected chi connectivity index (χ2v) is 9.32. The minimum atomic E-state index is -0.607. The van der Waals surface area contributed by atoms with E-state index < -0.39 is 11.6 Å². The van der Waals surface area contributed by atoms with Crippen molar-refractivity contribution in [1.82, 2.24) is 25.1 Å². The van der Waals surface area contributed by atoms with Crippen molar-refractivity contribution in [2.45, 2.75) is 44.4 Å². The molecule has 1 saturated carbocycles. The van der Waals surface area contributed by atoms with Crippen LogP contribution in [-0.2, 0) is 4.74 Å². The van der Waals surface area contributed by atoms with Gasteiger partial charge >= 0.3 is 0 Å². The minimum absolute atomic E-state index is 0.182. The van der Waals surface area contributed by atoms with Crippen LogP contribution >= 0.6 is 11.3 Å². The van der Waals surface area contributed by atoms with Crippen molar-refractivity contribution in [3.8, 4) is 11.3 Å². The average Bonchev–Trinajstić information content (AvgIpc) is 3.59. The monoisotopic (exact) mass is 467 g/mol. The molecule has 2 fully saturated rings. The van der Waals surface area contributed by atoms with Crippen LogP contribution in [0.25, 0.3) is 21.6 Å². The number of rotatable bonds is 3. The number of ether oxygens (including phenoxy) is 1. The summed E-state index contributed by atoms with van der Waals surface area (Å²) in [5.74, 6) is 0.161. The Bertz CT molecular complexity index is 1260. The second kappa shape index (κ2) is 9.52. The lowest BCUT2D eigenvalue weighted by atomic mass is 9.99. The SMILES string of the molecule is Cc1cccnn1.Fc1ccc(-c2nc(C3CCOCC3)nc3nc(C4CC4)sc23)c(F)c1. The molecule has 0 radical (unpaired) electrons. The fourth-order valence-electron chi connectivity index (χ4n) is 3.74. The molecule has 2 aliphatic rings. The number of benzene rings is 1. The molecule has 3 aromatic heterocycles. The van der Waals surface area contributed by atoms with Crippen LogP contribution in [0.5, 0.6) is 0 Å². The zero-order valence-electron chi connectivity index (χ0n) is 18.2. The van der Waals surface area contributed by atoms with Crippen LogP contribution in [0.15, 0.2) is 36.5 Å². The van der Waals surface area contributed by atoms with Crippen LogP contribution in [0.2, 0.25) is 0 Å². The van der Waals surface area contributed by atoms with E-state index in [0.29, 0.717) is 41.9 Å². The predicted molar refractivity (Wildman–Crippen MR) is 122 cm³/mol. The fraction of sp³-hybridized carbons (Fsp3) is 0.375. The summed E-state index contributed by atoms with van der Waals surface area (Å²) in [7, 11) is 0. The van der Waals surface area contributed by atoms with E-state index in [2.05, 4.69) is 10.2 Å². The van der Waals surface area contributed by atoms with E-state index in [1.54, 1.807) is 6.20 Å². The van der Waals surface area contributed by atoms with Gasteiger partial charge in [0.05, 0.1) is 16.4 Å². The summed E-state index contributed by atoms with van der Waals surface area (Å²) in [5, 5.41) is 8.41. The molecule has 33 heavy (non-hydrogen) atoms. The molecular weight excluding hydrogens is 444 g/mol. The van der Waals surface area contributed by atoms with Gasteiger partial charge in [-0.2, -0.15) is 10.2 Å². The van der Waals surface area contributed by atoms with Gasteiger partial charge in [0, 0.05) is 42.9 Å². The van der Waals surface area contributed by atoms with Crippen molar-refractivity contribution in [1.29, 1.82) is 0 Å². The third kappa shape index (κ3) is 5.04. The molecule has 0 atom stereocenters. The van der Waals surface area contributed by atoms with Gasteiger partial charge < -0.3 is 4.74 Å². The first-order chi connectivity index (χ1) is 16.1. The number of thiazole rings is 1. The summed E-state index contributed by atoms with van der Waals surface area (Å²) in [6, 6.07) is 7.40. The number of hydrogen-bond donors (Lipinski definition) is 0. The molecular formula is C24H23F2N5OS. The molecule has 4 aromatic rings. The highest BCUT2D eigenvalue weighted by Crippen LogP contribution is 2.45.